The van der Waals surface area contributed by atoms with Gasteiger partial charge in [-0.2, -0.15) is 0 Å². The van der Waals surface area contributed by atoms with Crippen molar-refractivity contribution in [2.45, 2.75) is 96.8 Å². The van der Waals surface area contributed by atoms with Crippen LogP contribution in [0.1, 0.15) is 107 Å². The summed E-state index contributed by atoms with van der Waals surface area (Å²) in [6, 6.07) is 9.08. The Labute approximate surface area is 173 Å². The van der Waals surface area contributed by atoms with Gasteiger partial charge in [0, 0.05) is 6.61 Å². The molecule has 1 aromatic carbocycles. The molecule has 0 unspecified atom stereocenters. The van der Waals surface area contributed by atoms with Crippen molar-refractivity contribution in [2.24, 2.45) is 0 Å². The lowest BCUT2D eigenvalue weighted by molar-refractivity contribution is 0.0312. The van der Waals surface area contributed by atoms with E-state index < -0.39 is 0 Å². The van der Waals surface area contributed by atoms with Gasteiger partial charge in [-0.05, 0) is 18.6 Å². The molecule has 0 N–H and O–H groups in total. The zero-order valence-corrected chi connectivity index (χ0v) is 18.1. The molecule has 160 valence electrons. The van der Waals surface area contributed by atoms with E-state index in [1.165, 1.54) is 83.5 Å². The molecule has 0 atom stereocenters. The standard InChI is InChI=1S/C25H42O3/c1-2-3-4-5-6-7-8-9-10-11-12-13-14-18-21-27-22-23-28-25(26)24-19-16-15-17-20-24/h15-17,19-20H,2-14,18,21-23H2,1H3. The van der Waals surface area contributed by atoms with Crippen LogP contribution in [0.2, 0.25) is 0 Å². The summed E-state index contributed by atoms with van der Waals surface area (Å²) in [6.07, 6.45) is 19.1. The molecular formula is C25H42O3. The molecule has 0 aliphatic rings. The van der Waals surface area contributed by atoms with Gasteiger partial charge in [0.15, 0.2) is 0 Å². The summed E-state index contributed by atoms with van der Waals surface area (Å²) in [5, 5.41) is 0. The molecule has 0 spiro atoms. The van der Waals surface area contributed by atoms with Gasteiger partial charge in [0.05, 0.1) is 12.2 Å². The summed E-state index contributed by atoms with van der Waals surface area (Å²) >= 11 is 0. The maximum Gasteiger partial charge on any atom is 0.338 e. The first-order valence-electron chi connectivity index (χ1n) is 11.6. The molecule has 3 nitrogen and oxygen atoms in total. The van der Waals surface area contributed by atoms with Crippen LogP contribution in [0.4, 0.5) is 0 Å². The van der Waals surface area contributed by atoms with Gasteiger partial charge in [-0.25, -0.2) is 4.79 Å². The first-order valence-corrected chi connectivity index (χ1v) is 11.6. The van der Waals surface area contributed by atoms with Crippen LogP contribution in [0.15, 0.2) is 30.3 Å². The predicted molar refractivity (Wildman–Crippen MR) is 118 cm³/mol. The van der Waals surface area contributed by atoms with E-state index in [0.717, 1.165) is 13.0 Å². The molecule has 0 aliphatic heterocycles. The smallest absolute Gasteiger partial charge is 0.338 e. The molecular weight excluding hydrogens is 348 g/mol. The Balaban J connectivity index is 1.74. The normalized spacial score (nSPS) is 10.9. The molecule has 0 fully saturated rings. The fraction of sp³-hybridized carbons (Fsp3) is 0.720. The number of hydrogen-bond donors (Lipinski definition) is 0. The van der Waals surface area contributed by atoms with E-state index in [0.29, 0.717) is 18.8 Å². The molecule has 0 bridgehead atoms. The van der Waals surface area contributed by atoms with Crippen molar-refractivity contribution in [3.63, 3.8) is 0 Å². The summed E-state index contributed by atoms with van der Waals surface area (Å²) < 4.78 is 10.7. The minimum absolute atomic E-state index is 0.277. The topological polar surface area (TPSA) is 35.5 Å². The molecule has 3 heteroatoms. The van der Waals surface area contributed by atoms with E-state index in [4.69, 9.17) is 9.47 Å². The van der Waals surface area contributed by atoms with Gasteiger partial charge in [0.25, 0.3) is 0 Å². The molecule has 0 amide bonds. The Morgan fingerprint density at radius 1 is 0.643 bits per heavy atom. The van der Waals surface area contributed by atoms with Gasteiger partial charge >= 0.3 is 5.97 Å². The molecule has 0 heterocycles. The monoisotopic (exact) mass is 390 g/mol. The van der Waals surface area contributed by atoms with E-state index in [-0.39, 0.29) is 5.97 Å². The van der Waals surface area contributed by atoms with Crippen LogP contribution in [0.5, 0.6) is 0 Å². The fourth-order valence-corrected chi connectivity index (χ4v) is 3.35. The number of rotatable bonds is 19. The highest BCUT2D eigenvalue weighted by Crippen LogP contribution is 2.13. The highest BCUT2D eigenvalue weighted by molar-refractivity contribution is 5.89. The quantitative estimate of drug-likeness (QED) is 0.183. The van der Waals surface area contributed by atoms with Gasteiger partial charge in [-0.3, -0.25) is 0 Å². The highest BCUT2D eigenvalue weighted by atomic mass is 16.6. The fourth-order valence-electron chi connectivity index (χ4n) is 3.35. The minimum Gasteiger partial charge on any atom is -0.460 e. The number of carbonyl (C=O) groups is 1. The second-order valence-electron chi connectivity index (χ2n) is 7.71. The number of unbranched alkanes of at least 4 members (excludes halogenated alkanes) is 13. The number of esters is 1. The Morgan fingerprint density at radius 3 is 1.68 bits per heavy atom. The van der Waals surface area contributed by atoms with E-state index >= 15 is 0 Å². The van der Waals surface area contributed by atoms with Crippen LogP contribution in [0, 0.1) is 0 Å². The third kappa shape index (κ3) is 14.7. The molecule has 0 aliphatic carbocycles. The maximum atomic E-state index is 11.7. The summed E-state index contributed by atoms with van der Waals surface area (Å²) in [5.74, 6) is -0.277. The maximum absolute atomic E-state index is 11.7. The summed E-state index contributed by atoms with van der Waals surface area (Å²) in [4.78, 5) is 11.7. The average Bonchev–Trinajstić information content (AvgIpc) is 2.73. The Morgan fingerprint density at radius 2 is 1.14 bits per heavy atom. The highest BCUT2D eigenvalue weighted by Gasteiger charge is 2.04. The number of hydrogen-bond acceptors (Lipinski definition) is 3. The SMILES string of the molecule is CCCCCCCCCCCCCCCCOCCOC(=O)c1ccccc1. The van der Waals surface area contributed by atoms with Crippen molar-refractivity contribution in [3.8, 4) is 0 Å². The van der Waals surface area contributed by atoms with Crippen molar-refractivity contribution in [1.29, 1.82) is 0 Å². The predicted octanol–water partition coefficient (Wildman–Crippen LogP) is 7.34. The number of benzene rings is 1. The van der Waals surface area contributed by atoms with E-state index in [1.54, 1.807) is 12.1 Å². The zero-order valence-electron chi connectivity index (χ0n) is 18.1. The van der Waals surface area contributed by atoms with Crippen molar-refractivity contribution >= 4 is 5.97 Å². The largest absolute Gasteiger partial charge is 0.460 e. The van der Waals surface area contributed by atoms with Crippen LogP contribution in [0.3, 0.4) is 0 Å². The van der Waals surface area contributed by atoms with Gasteiger partial charge in [-0.15, -0.1) is 0 Å². The second kappa shape index (κ2) is 19.0. The van der Waals surface area contributed by atoms with E-state index in [2.05, 4.69) is 6.92 Å². The zero-order chi connectivity index (χ0) is 20.1. The van der Waals surface area contributed by atoms with Crippen molar-refractivity contribution in [1.82, 2.24) is 0 Å². The van der Waals surface area contributed by atoms with Crippen LogP contribution in [-0.4, -0.2) is 25.8 Å². The lowest BCUT2D eigenvalue weighted by atomic mass is 10.0. The van der Waals surface area contributed by atoms with Crippen molar-refractivity contribution in [2.75, 3.05) is 19.8 Å². The first-order chi connectivity index (χ1) is 13.8. The first kappa shape index (κ1) is 24.7. The summed E-state index contributed by atoms with van der Waals surface area (Å²) in [6.45, 7) is 3.85. The number of ether oxygens (including phenoxy) is 2. The average molecular weight is 391 g/mol. The lowest BCUT2D eigenvalue weighted by Gasteiger charge is -2.06. The van der Waals surface area contributed by atoms with Gasteiger partial charge in [0.2, 0.25) is 0 Å². The molecule has 28 heavy (non-hydrogen) atoms. The van der Waals surface area contributed by atoms with Crippen LogP contribution >= 0.6 is 0 Å². The van der Waals surface area contributed by atoms with Crippen LogP contribution < -0.4 is 0 Å². The third-order valence-electron chi connectivity index (χ3n) is 5.11. The van der Waals surface area contributed by atoms with Crippen LogP contribution in [-0.2, 0) is 9.47 Å². The van der Waals surface area contributed by atoms with Gasteiger partial charge in [0.1, 0.15) is 6.61 Å². The van der Waals surface area contributed by atoms with Crippen molar-refractivity contribution < 1.29 is 14.3 Å². The Kier molecular flexibility index (Phi) is 16.7. The molecule has 1 rings (SSSR count). The molecule has 0 saturated carbocycles. The molecule has 0 radical (unpaired) electrons. The molecule has 0 aromatic heterocycles. The lowest BCUT2D eigenvalue weighted by Crippen LogP contribution is -2.11. The Bertz CT molecular complexity index is 458. The van der Waals surface area contributed by atoms with E-state index in [1.807, 2.05) is 18.2 Å². The third-order valence-corrected chi connectivity index (χ3v) is 5.11. The van der Waals surface area contributed by atoms with Crippen LogP contribution in [0.25, 0.3) is 0 Å². The van der Waals surface area contributed by atoms with E-state index in [9.17, 15) is 4.79 Å². The Hall–Kier alpha value is -1.35. The molecule has 0 saturated heterocycles. The second-order valence-corrected chi connectivity index (χ2v) is 7.71. The molecule has 1 aromatic rings. The van der Waals surface area contributed by atoms with Gasteiger partial charge in [-0.1, -0.05) is 109 Å². The minimum atomic E-state index is -0.277. The summed E-state index contributed by atoms with van der Waals surface area (Å²) in [5.41, 5.74) is 0.592. The van der Waals surface area contributed by atoms with Gasteiger partial charge < -0.3 is 9.47 Å². The van der Waals surface area contributed by atoms with Crippen molar-refractivity contribution in [3.05, 3.63) is 35.9 Å². The number of carbonyl (C=O) groups excluding carboxylic acids is 1. The summed E-state index contributed by atoms with van der Waals surface area (Å²) in [7, 11) is 0.